The standard InChI is InChI=1S/C21H19NO4/c23-21(16-9-10-19-20(14-16)26-13-5-12-25-19)22(15-18-8-4-11-24-18)17-6-2-1-3-7-17/h1-4,6-11,14H,5,12-13,15H2. The largest absolute Gasteiger partial charge is 0.490 e. The van der Waals surface area contributed by atoms with E-state index in [-0.39, 0.29) is 5.91 Å². The minimum absolute atomic E-state index is 0.122. The van der Waals surface area contributed by atoms with Gasteiger partial charge in [0.1, 0.15) is 5.76 Å². The topological polar surface area (TPSA) is 51.9 Å². The van der Waals surface area contributed by atoms with Crippen molar-refractivity contribution in [3.8, 4) is 11.5 Å². The lowest BCUT2D eigenvalue weighted by molar-refractivity contribution is 0.0983. The van der Waals surface area contributed by atoms with Gasteiger partial charge in [-0.05, 0) is 42.5 Å². The van der Waals surface area contributed by atoms with Gasteiger partial charge < -0.3 is 18.8 Å². The van der Waals surface area contributed by atoms with Crippen LogP contribution in [0.2, 0.25) is 0 Å². The van der Waals surface area contributed by atoms with Crippen molar-refractivity contribution < 1.29 is 18.7 Å². The highest BCUT2D eigenvalue weighted by Crippen LogP contribution is 2.31. The molecule has 26 heavy (non-hydrogen) atoms. The van der Waals surface area contributed by atoms with Crippen LogP contribution in [0.5, 0.6) is 11.5 Å². The highest BCUT2D eigenvalue weighted by atomic mass is 16.5. The first-order chi connectivity index (χ1) is 12.8. The zero-order valence-corrected chi connectivity index (χ0v) is 14.3. The number of carbonyl (C=O) groups excluding carboxylic acids is 1. The highest BCUT2D eigenvalue weighted by molar-refractivity contribution is 6.06. The second-order valence-electron chi connectivity index (χ2n) is 6.02. The van der Waals surface area contributed by atoms with E-state index >= 15 is 0 Å². The van der Waals surface area contributed by atoms with Gasteiger partial charge in [0.15, 0.2) is 11.5 Å². The maximum Gasteiger partial charge on any atom is 0.258 e. The third-order valence-electron chi connectivity index (χ3n) is 4.20. The van der Waals surface area contributed by atoms with E-state index in [9.17, 15) is 4.79 Å². The fourth-order valence-electron chi connectivity index (χ4n) is 2.90. The molecule has 1 aromatic heterocycles. The Balaban J connectivity index is 1.67. The number of para-hydroxylation sites is 1. The second kappa shape index (κ2) is 7.35. The average Bonchev–Trinajstić information content (AvgIpc) is 3.09. The number of hydrogen-bond donors (Lipinski definition) is 0. The summed E-state index contributed by atoms with van der Waals surface area (Å²) in [6, 6.07) is 18.5. The number of benzene rings is 2. The normalized spacial score (nSPS) is 13.1. The summed E-state index contributed by atoms with van der Waals surface area (Å²) < 4.78 is 16.8. The fourth-order valence-corrected chi connectivity index (χ4v) is 2.90. The molecule has 3 aromatic rings. The summed E-state index contributed by atoms with van der Waals surface area (Å²) in [5.74, 6) is 1.88. The summed E-state index contributed by atoms with van der Waals surface area (Å²) in [5, 5.41) is 0. The van der Waals surface area contributed by atoms with Gasteiger partial charge >= 0.3 is 0 Å². The third-order valence-corrected chi connectivity index (χ3v) is 4.20. The van der Waals surface area contributed by atoms with Crippen molar-refractivity contribution >= 4 is 11.6 Å². The summed E-state index contributed by atoms with van der Waals surface area (Å²) in [6.07, 6.45) is 2.43. The van der Waals surface area contributed by atoms with Crippen molar-refractivity contribution in [2.45, 2.75) is 13.0 Å². The summed E-state index contributed by atoms with van der Waals surface area (Å²) in [4.78, 5) is 14.9. The second-order valence-corrected chi connectivity index (χ2v) is 6.02. The molecular formula is C21H19NO4. The summed E-state index contributed by atoms with van der Waals surface area (Å²) in [7, 11) is 0. The predicted octanol–water partition coefficient (Wildman–Crippen LogP) is 4.29. The molecule has 5 heteroatoms. The maximum atomic E-state index is 13.2. The molecule has 4 rings (SSSR count). The average molecular weight is 349 g/mol. The van der Waals surface area contributed by atoms with Gasteiger partial charge in [0.05, 0.1) is 26.0 Å². The molecule has 0 unspecified atom stereocenters. The fraction of sp³-hybridized carbons (Fsp3) is 0.190. The van der Waals surface area contributed by atoms with Crippen LogP contribution in [-0.2, 0) is 6.54 Å². The molecule has 132 valence electrons. The van der Waals surface area contributed by atoms with Crippen molar-refractivity contribution in [1.29, 1.82) is 0 Å². The Morgan fingerprint density at radius 3 is 2.50 bits per heavy atom. The zero-order chi connectivity index (χ0) is 17.8. The van der Waals surface area contributed by atoms with Gasteiger partial charge in [-0.3, -0.25) is 4.79 Å². The summed E-state index contributed by atoms with van der Waals surface area (Å²) in [5.41, 5.74) is 1.35. The molecule has 0 fully saturated rings. The van der Waals surface area contributed by atoms with Gasteiger partial charge in [0.2, 0.25) is 0 Å². The lowest BCUT2D eigenvalue weighted by Crippen LogP contribution is -2.30. The van der Waals surface area contributed by atoms with E-state index in [1.807, 2.05) is 42.5 Å². The minimum atomic E-state index is -0.122. The number of furan rings is 1. The van der Waals surface area contributed by atoms with Gasteiger partial charge in [-0.1, -0.05) is 18.2 Å². The Bertz CT molecular complexity index is 874. The van der Waals surface area contributed by atoms with E-state index in [0.717, 1.165) is 17.9 Å². The maximum absolute atomic E-state index is 13.2. The molecule has 0 saturated heterocycles. The molecule has 5 nitrogen and oxygen atoms in total. The molecule has 0 N–H and O–H groups in total. The SMILES string of the molecule is O=C(c1ccc2c(c1)OCCCO2)N(Cc1ccco1)c1ccccc1. The number of carbonyl (C=O) groups is 1. The van der Waals surface area contributed by atoms with Crippen LogP contribution in [0.25, 0.3) is 0 Å². The van der Waals surface area contributed by atoms with Gasteiger partial charge in [-0.2, -0.15) is 0 Å². The number of nitrogens with zero attached hydrogens (tertiary/aromatic N) is 1. The Labute approximate surface area is 151 Å². The molecule has 0 aliphatic carbocycles. The first-order valence-corrected chi connectivity index (χ1v) is 8.60. The number of hydrogen-bond acceptors (Lipinski definition) is 4. The Morgan fingerprint density at radius 2 is 1.73 bits per heavy atom. The van der Waals surface area contributed by atoms with Crippen molar-refractivity contribution in [2.24, 2.45) is 0 Å². The van der Waals surface area contributed by atoms with Gasteiger partial charge in [0.25, 0.3) is 5.91 Å². The van der Waals surface area contributed by atoms with E-state index in [4.69, 9.17) is 13.9 Å². The van der Waals surface area contributed by atoms with Crippen LogP contribution < -0.4 is 14.4 Å². The minimum Gasteiger partial charge on any atom is -0.490 e. The van der Waals surface area contributed by atoms with Crippen molar-refractivity contribution in [1.82, 2.24) is 0 Å². The van der Waals surface area contributed by atoms with E-state index in [1.54, 1.807) is 29.4 Å². The lowest BCUT2D eigenvalue weighted by atomic mass is 10.1. The smallest absolute Gasteiger partial charge is 0.258 e. The molecular weight excluding hydrogens is 330 g/mol. The van der Waals surface area contributed by atoms with Crippen LogP contribution in [0.1, 0.15) is 22.5 Å². The number of amides is 1. The van der Waals surface area contributed by atoms with Crippen LogP contribution in [0.15, 0.2) is 71.3 Å². The number of fused-ring (bicyclic) bond motifs is 1. The molecule has 0 saturated carbocycles. The molecule has 1 aliphatic heterocycles. The molecule has 0 bridgehead atoms. The lowest BCUT2D eigenvalue weighted by Gasteiger charge is -2.22. The van der Waals surface area contributed by atoms with Crippen LogP contribution in [0.3, 0.4) is 0 Å². The van der Waals surface area contributed by atoms with Crippen molar-refractivity contribution in [3.05, 3.63) is 78.3 Å². The molecule has 1 aliphatic rings. The van der Waals surface area contributed by atoms with Gasteiger partial charge in [0, 0.05) is 17.7 Å². The first-order valence-electron chi connectivity index (χ1n) is 8.60. The predicted molar refractivity (Wildman–Crippen MR) is 97.7 cm³/mol. The van der Waals surface area contributed by atoms with Crippen molar-refractivity contribution in [3.63, 3.8) is 0 Å². The van der Waals surface area contributed by atoms with E-state index in [1.165, 1.54) is 0 Å². The summed E-state index contributed by atoms with van der Waals surface area (Å²) >= 11 is 0. The van der Waals surface area contributed by atoms with Gasteiger partial charge in [-0.25, -0.2) is 0 Å². The summed E-state index contributed by atoms with van der Waals surface area (Å²) in [6.45, 7) is 1.55. The molecule has 0 atom stereocenters. The van der Waals surface area contributed by atoms with E-state index < -0.39 is 0 Å². The van der Waals surface area contributed by atoms with Gasteiger partial charge in [-0.15, -0.1) is 0 Å². The van der Waals surface area contributed by atoms with Crippen LogP contribution >= 0.6 is 0 Å². The molecule has 2 heterocycles. The Hall–Kier alpha value is -3.21. The third kappa shape index (κ3) is 3.42. The van der Waals surface area contributed by atoms with Crippen LogP contribution in [0.4, 0.5) is 5.69 Å². The monoisotopic (exact) mass is 349 g/mol. The quantitative estimate of drug-likeness (QED) is 0.705. The van der Waals surface area contributed by atoms with Crippen LogP contribution in [0, 0.1) is 0 Å². The zero-order valence-electron chi connectivity index (χ0n) is 14.3. The Morgan fingerprint density at radius 1 is 0.923 bits per heavy atom. The molecule has 2 aromatic carbocycles. The molecule has 1 amide bonds. The molecule has 0 radical (unpaired) electrons. The number of rotatable bonds is 4. The number of anilines is 1. The first kappa shape index (κ1) is 16.3. The molecule has 0 spiro atoms. The highest BCUT2D eigenvalue weighted by Gasteiger charge is 2.21. The van der Waals surface area contributed by atoms with Crippen molar-refractivity contribution in [2.75, 3.05) is 18.1 Å². The number of ether oxygens (including phenoxy) is 2. The van der Waals surface area contributed by atoms with E-state index in [0.29, 0.717) is 36.8 Å². The van der Waals surface area contributed by atoms with Crippen LogP contribution in [-0.4, -0.2) is 19.1 Å². The Kier molecular flexibility index (Phi) is 4.60. The van der Waals surface area contributed by atoms with E-state index in [2.05, 4.69) is 0 Å².